The van der Waals surface area contributed by atoms with Gasteiger partial charge >= 0.3 is 0 Å². The number of fused-ring (bicyclic) bond motifs is 1. The van der Waals surface area contributed by atoms with Gasteiger partial charge in [-0.15, -0.1) is 0 Å². The van der Waals surface area contributed by atoms with Crippen molar-refractivity contribution < 1.29 is 5.11 Å². The van der Waals surface area contributed by atoms with Crippen molar-refractivity contribution in [2.45, 2.75) is 0 Å². The molecule has 0 spiro atoms. The van der Waals surface area contributed by atoms with Gasteiger partial charge in [-0.1, -0.05) is 23.7 Å². The Labute approximate surface area is 113 Å². The standard InChI is InChI=1S/C14H9ClN2O2/c15-11-7-8(18)5-6-9(11)13-16-12-4-2-1-3-10(12)14(19)17-13/h1-7,18H,(H,16,17,19). The molecule has 3 aromatic rings. The highest BCUT2D eigenvalue weighted by Gasteiger charge is 2.09. The quantitative estimate of drug-likeness (QED) is 0.716. The first kappa shape index (κ1) is 11.7. The largest absolute Gasteiger partial charge is 0.508 e. The molecule has 3 rings (SSSR count). The molecular weight excluding hydrogens is 264 g/mol. The van der Waals surface area contributed by atoms with Gasteiger partial charge in [-0.2, -0.15) is 0 Å². The number of aromatic nitrogens is 2. The average Bonchev–Trinajstić information content (AvgIpc) is 2.38. The summed E-state index contributed by atoms with van der Waals surface area (Å²) < 4.78 is 0. The van der Waals surface area contributed by atoms with Gasteiger partial charge in [0.25, 0.3) is 5.56 Å². The minimum absolute atomic E-state index is 0.0666. The topological polar surface area (TPSA) is 66.0 Å². The summed E-state index contributed by atoms with van der Waals surface area (Å²) in [6.45, 7) is 0. The Morgan fingerprint density at radius 3 is 2.74 bits per heavy atom. The predicted molar refractivity (Wildman–Crippen MR) is 74.5 cm³/mol. The van der Waals surface area contributed by atoms with E-state index >= 15 is 0 Å². The summed E-state index contributed by atoms with van der Waals surface area (Å²) in [6, 6.07) is 11.6. The van der Waals surface area contributed by atoms with Crippen molar-refractivity contribution in [1.82, 2.24) is 9.97 Å². The highest BCUT2D eigenvalue weighted by Crippen LogP contribution is 2.28. The number of halogens is 1. The van der Waals surface area contributed by atoms with Crippen molar-refractivity contribution in [3.63, 3.8) is 0 Å². The fraction of sp³-hybridized carbons (Fsp3) is 0. The Bertz CT molecular complexity index is 827. The minimum atomic E-state index is -0.218. The zero-order valence-electron chi connectivity index (χ0n) is 9.72. The molecule has 0 saturated carbocycles. The number of aromatic hydroxyl groups is 1. The van der Waals surface area contributed by atoms with Crippen LogP contribution < -0.4 is 5.56 Å². The van der Waals surface area contributed by atoms with E-state index in [0.717, 1.165) is 0 Å². The first-order valence-corrected chi connectivity index (χ1v) is 6.01. The molecule has 0 aliphatic heterocycles. The van der Waals surface area contributed by atoms with Gasteiger partial charge in [0.05, 0.1) is 15.9 Å². The lowest BCUT2D eigenvalue weighted by atomic mass is 10.2. The fourth-order valence-corrected chi connectivity index (χ4v) is 2.17. The minimum Gasteiger partial charge on any atom is -0.508 e. The van der Waals surface area contributed by atoms with Crippen LogP contribution in [0.4, 0.5) is 0 Å². The molecule has 0 unspecified atom stereocenters. The Hall–Kier alpha value is -2.33. The summed E-state index contributed by atoms with van der Waals surface area (Å²) in [4.78, 5) is 19.0. The number of hydrogen-bond donors (Lipinski definition) is 2. The molecule has 2 N–H and O–H groups in total. The number of para-hydroxylation sites is 1. The third kappa shape index (κ3) is 2.06. The Balaban J connectivity index is 2.28. The summed E-state index contributed by atoms with van der Waals surface area (Å²) in [5, 5.41) is 10.2. The van der Waals surface area contributed by atoms with Crippen LogP contribution in [-0.2, 0) is 0 Å². The van der Waals surface area contributed by atoms with E-state index in [-0.39, 0.29) is 11.3 Å². The van der Waals surface area contributed by atoms with E-state index in [1.165, 1.54) is 12.1 Å². The van der Waals surface area contributed by atoms with E-state index < -0.39 is 0 Å². The first-order valence-electron chi connectivity index (χ1n) is 5.63. The summed E-state index contributed by atoms with van der Waals surface area (Å²) in [5.41, 5.74) is 0.956. The van der Waals surface area contributed by atoms with E-state index in [1.807, 2.05) is 6.07 Å². The lowest BCUT2D eigenvalue weighted by molar-refractivity contribution is 0.475. The molecule has 5 heteroatoms. The van der Waals surface area contributed by atoms with Crippen LogP contribution in [0.5, 0.6) is 5.75 Å². The molecule has 19 heavy (non-hydrogen) atoms. The van der Waals surface area contributed by atoms with E-state index in [2.05, 4.69) is 9.97 Å². The number of phenolic OH excluding ortho intramolecular Hbond substituents is 1. The molecule has 4 nitrogen and oxygen atoms in total. The van der Waals surface area contributed by atoms with Crippen molar-refractivity contribution in [2.75, 3.05) is 0 Å². The molecule has 1 aromatic heterocycles. The van der Waals surface area contributed by atoms with E-state index in [9.17, 15) is 9.90 Å². The molecular formula is C14H9ClN2O2. The van der Waals surface area contributed by atoms with Crippen molar-refractivity contribution in [3.05, 3.63) is 57.8 Å². The Morgan fingerprint density at radius 1 is 1.16 bits per heavy atom. The smallest absolute Gasteiger partial charge is 0.259 e. The van der Waals surface area contributed by atoms with Gasteiger partial charge in [0, 0.05) is 5.56 Å². The highest BCUT2D eigenvalue weighted by atomic mass is 35.5. The van der Waals surface area contributed by atoms with E-state index in [1.54, 1.807) is 24.3 Å². The number of H-pyrrole nitrogens is 1. The maximum absolute atomic E-state index is 12.0. The Morgan fingerprint density at radius 2 is 1.95 bits per heavy atom. The second-order valence-electron chi connectivity index (χ2n) is 4.10. The van der Waals surface area contributed by atoms with Gasteiger partial charge in [0.15, 0.2) is 0 Å². The van der Waals surface area contributed by atoms with Crippen LogP contribution >= 0.6 is 11.6 Å². The monoisotopic (exact) mass is 272 g/mol. The highest BCUT2D eigenvalue weighted by molar-refractivity contribution is 6.33. The third-order valence-electron chi connectivity index (χ3n) is 2.82. The van der Waals surface area contributed by atoms with Gasteiger partial charge in [0.2, 0.25) is 0 Å². The zero-order chi connectivity index (χ0) is 13.4. The van der Waals surface area contributed by atoms with Crippen LogP contribution in [0.1, 0.15) is 0 Å². The second-order valence-corrected chi connectivity index (χ2v) is 4.50. The second kappa shape index (κ2) is 4.40. The van der Waals surface area contributed by atoms with Crippen LogP contribution in [-0.4, -0.2) is 15.1 Å². The molecule has 94 valence electrons. The molecule has 0 amide bonds. The van der Waals surface area contributed by atoms with E-state index in [0.29, 0.717) is 27.3 Å². The van der Waals surface area contributed by atoms with Crippen molar-refractivity contribution in [2.24, 2.45) is 0 Å². The fourth-order valence-electron chi connectivity index (χ4n) is 1.91. The molecule has 2 aromatic carbocycles. The number of nitrogens with zero attached hydrogens (tertiary/aromatic N) is 1. The Kier molecular flexibility index (Phi) is 2.72. The lowest BCUT2D eigenvalue weighted by Gasteiger charge is -2.05. The maximum Gasteiger partial charge on any atom is 0.259 e. The summed E-state index contributed by atoms with van der Waals surface area (Å²) in [6.07, 6.45) is 0. The van der Waals surface area contributed by atoms with Crippen LogP contribution in [0.25, 0.3) is 22.3 Å². The van der Waals surface area contributed by atoms with Crippen molar-refractivity contribution in [1.29, 1.82) is 0 Å². The van der Waals surface area contributed by atoms with Gasteiger partial charge < -0.3 is 10.1 Å². The van der Waals surface area contributed by atoms with Gasteiger partial charge in [-0.3, -0.25) is 4.79 Å². The molecule has 0 atom stereocenters. The number of phenols is 1. The SMILES string of the molecule is O=c1[nH]c(-c2ccc(O)cc2Cl)nc2ccccc12. The molecule has 0 aliphatic carbocycles. The molecule has 0 radical (unpaired) electrons. The van der Waals surface area contributed by atoms with Crippen LogP contribution in [0.2, 0.25) is 5.02 Å². The third-order valence-corrected chi connectivity index (χ3v) is 3.13. The normalized spacial score (nSPS) is 10.8. The van der Waals surface area contributed by atoms with E-state index in [4.69, 9.17) is 11.6 Å². The average molecular weight is 273 g/mol. The van der Waals surface area contributed by atoms with Gasteiger partial charge in [-0.05, 0) is 30.3 Å². The summed E-state index contributed by atoms with van der Waals surface area (Å²) in [5.74, 6) is 0.450. The number of aromatic amines is 1. The molecule has 0 aliphatic rings. The first-order chi connectivity index (χ1) is 9.15. The maximum atomic E-state index is 12.0. The van der Waals surface area contributed by atoms with Crippen LogP contribution in [0.3, 0.4) is 0 Å². The van der Waals surface area contributed by atoms with Crippen LogP contribution in [0.15, 0.2) is 47.3 Å². The number of nitrogens with one attached hydrogen (secondary N) is 1. The number of benzene rings is 2. The number of hydrogen-bond acceptors (Lipinski definition) is 3. The van der Waals surface area contributed by atoms with Gasteiger partial charge in [0.1, 0.15) is 11.6 Å². The van der Waals surface area contributed by atoms with Crippen molar-refractivity contribution in [3.8, 4) is 17.1 Å². The molecule has 0 saturated heterocycles. The number of rotatable bonds is 1. The van der Waals surface area contributed by atoms with Crippen molar-refractivity contribution >= 4 is 22.5 Å². The summed E-state index contributed by atoms with van der Waals surface area (Å²) >= 11 is 6.05. The molecule has 0 fully saturated rings. The van der Waals surface area contributed by atoms with Crippen LogP contribution in [0, 0.1) is 0 Å². The predicted octanol–water partition coefficient (Wildman–Crippen LogP) is 2.95. The molecule has 0 bridgehead atoms. The lowest BCUT2D eigenvalue weighted by Crippen LogP contribution is -2.09. The molecule has 1 heterocycles. The van der Waals surface area contributed by atoms with Gasteiger partial charge in [-0.25, -0.2) is 4.98 Å². The zero-order valence-corrected chi connectivity index (χ0v) is 10.5. The summed E-state index contributed by atoms with van der Waals surface area (Å²) in [7, 11) is 0.